The van der Waals surface area contributed by atoms with Crippen molar-refractivity contribution in [2.45, 2.75) is 24.9 Å². The molecule has 2 aromatic carbocycles. The van der Waals surface area contributed by atoms with Crippen molar-refractivity contribution in [1.29, 1.82) is 0 Å². The van der Waals surface area contributed by atoms with Crippen LogP contribution in [0.25, 0.3) is 0 Å². The molecule has 0 saturated carbocycles. The average Bonchev–Trinajstić information content (AvgIpc) is 2.97. The number of benzene rings is 2. The summed E-state index contributed by atoms with van der Waals surface area (Å²) in [5, 5.41) is 2.92. The van der Waals surface area contributed by atoms with E-state index >= 15 is 0 Å². The van der Waals surface area contributed by atoms with Gasteiger partial charge in [-0.05, 0) is 22.8 Å². The molecule has 1 atom stereocenters. The summed E-state index contributed by atoms with van der Waals surface area (Å²) in [5.74, 6) is 1.23. The molecular weight excluding hydrogens is 286 g/mol. The van der Waals surface area contributed by atoms with Gasteiger partial charge >= 0.3 is 0 Å². The third-order valence-corrected chi connectivity index (χ3v) is 3.89. The molecule has 2 aromatic rings. The van der Waals surface area contributed by atoms with E-state index in [-0.39, 0.29) is 5.91 Å². The fraction of sp³-hybridized carbons (Fsp3) is 0.235. The molecule has 1 aliphatic heterocycles. The van der Waals surface area contributed by atoms with E-state index in [2.05, 4.69) is 5.32 Å². The number of ether oxygens (including phenoxy) is 1. The minimum atomic E-state index is -0.426. The molecule has 1 aliphatic rings. The Hall–Kier alpha value is -2.00. The van der Waals surface area contributed by atoms with Crippen LogP contribution in [0.4, 0.5) is 0 Å². The molecule has 3 rings (SSSR count). The number of carbonyl (C=O) groups excluding carboxylic acids is 1. The first-order valence-corrected chi connectivity index (χ1v) is 7.46. The number of halogens is 1. The Kier molecular flexibility index (Phi) is 4.11. The van der Waals surface area contributed by atoms with Crippen LogP contribution in [0.2, 0.25) is 0 Å². The number of fused-ring (bicyclic) bond motifs is 1. The van der Waals surface area contributed by atoms with E-state index in [4.69, 9.17) is 16.3 Å². The molecule has 0 fully saturated rings. The van der Waals surface area contributed by atoms with Crippen molar-refractivity contribution in [3.63, 3.8) is 0 Å². The molecule has 0 bridgehead atoms. The number of carbonyl (C=O) groups is 1. The molecular formula is C17H16ClNO2. The van der Waals surface area contributed by atoms with E-state index < -0.39 is 6.10 Å². The van der Waals surface area contributed by atoms with Gasteiger partial charge in [0.15, 0.2) is 6.10 Å². The second-order valence-electron chi connectivity index (χ2n) is 5.09. The molecule has 21 heavy (non-hydrogen) atoms. The second kappa shape index (κ2) is 6.19. The maximum absolute atomic E-state index is 12.2. The summed E-state index contributed by atoms with van der Waals surface area (Å²) in [4.78, 5) is 12.2. The molecule has 108 valence electrons. The van der Waals surface area contributed by atoms with E-state index in [1.54, 1.807) is 0 Å². The van der Waals surface area contributed by atoms with Crippen molar-refractivity contribution in [2.24, 2.45) is 0 Å². The van der Waals surface area contributed by atoms with E-state index in [0.717, 1.165) is 22.4 Å². The van der Waals surface area contributed by atoms with Gasteiger partial charge in [-0.2, -0.15) is 0 Å². The topological polar surface area (TPSA) is 38.3 Å². The number of hydrogen-bond donors (Lipinski definition) is 1. The van der Waals surface area contributed by atoms with Crippen molar-refractivity contribution in [3.05, 3.63) is 65.2 Å². The monoisotopic (exact) mass is 301 g/mol. The summed E-state index contributed by atoms with van der Waals surface area (Å²) >= 11 is 5.75. The van der Waals surface area contributed by atoms with Crippen LogP contribution in [0.5, 0.6) is 5.75 Å². The minimum absolute atomic E-state index is 0.0763. The summed E-state index contributed by atoms with van der Waals surface area (Å²) in [5.41, 5.74) is 3.21. The third-order valence-electron chi connectivity index (χ3n) is 3.58. The predicted molar refractivity (Wildman–Crippen MR) is 82.4 cm³/mol. The zero-order valence-electron chi connectivity index (χ0n) is 11.5. The molecule has 1 N–H and O–H groups in total. The van der Waals surface area contributed by atoms with Crippen LogP contribution in [0.1, 0.15) is 16.7 Å². The Morgan fingerprint density at radius 2 is 1.86 bits per heavy atom. The lowest BCUT2D eigenvalue weighted by Crippen LogP contribution is -2.37. The highest BCUT2D eigenvalue weighted by Gasteiger charge is 2.28. The lowest BCUT2D eigenvalue weighted by Gasteiger charge is -2.11. The minimum Gasteiger partial charge on any atom is -0.480 e. The van der Waals surface area contributed by atoms with Gasteiger partial charge in [0.05, 0.1) is 0 Å². The molecule has 0 saturated heterocycles. The summed E-state index contributed by atoms with van der Waals surface area (Å²) in [6.45, 7) is 0.498. The van der Waals surface area contributed by atoms with Gasteiger partial charge in [0.1, 0.15) is 5.75 Å². The molecule has 0 aliphatic carbocycles. The zero-order valence-corrected chi connectivity index (χ0v) is 12.3. The number of nitrogens with one attached hydrogen (secondary N) is 1. The van der Waals surface area contributed by atoms with Gasteiger partial charge in [0.2, 0.25) is 0 Å². The zero-order chi connectivity index (χ0) is 14.7. The SMILES string of the molecule is O=C(NCc1ccc(CCl)cc1)C1Cc2ccccc2O1. The van der Waals surface area contributed by atoms with Crippen LogP contribution < -0.4 is 10.1 Å². The highest BCUT2D eigenvalue weighted by molar-refractivity contribution is 6.17. The van der Waals surface area contributed by atoms with Crippen molar-refractivity contribution in [2.75, 3.05) is 0 Å². The molecule has 0 radical (unpaired) electrons. The smallest absolute Gasteiger partial charge is 0.261 e. The van der Waals surface area contributed by atoms with Gasteiger partial charge in [-0.1, -0.05) is 42.5 Å². The number of alkyl halides is 1. The molecule has 0 spiro atoms. The van der Waals surface area contributed by atoms with Crippen LogP contribution in [0.15, 0.2) is 48.5 Å². The largest absolute Gasteiger partial charge is 0.480 e. The van der Waals surface area contributed by atoms with Crippen LogP contribution in [0.3, 0.4) is 0 Å². The van der Waals surface area contributed by atoms with E-state index in [0.29, 0.717) is 18.8 Å². The highest BCUT2D eigenvalue weighted by atomic mass is 35.5. The van der Waals surface area contributed by atoms with Crippen LogP contribution >= 0.6 is 11.6 Å². The Morgan fingerprint density at radius 1 is 1.14 bits per heavy atom. The predicted octanol–water partition coefficient (Wildman–Crippen LogP) is 3.05. The van der Waals surface area contributed by atoms with Gasteiger partial charge < -0.3 is 10.1 Å². The second-order valence-corrected chi connectivity index (χ2v) is 5.35. The van der Waals surface area contributed by atoms with Crippen LogP contribution in [-0.4, -0.2) is 12.0 Å². The molecule has 1 amide bonds. The summed E-state index contributed by atoms with van der Waals surface area (Å²) in [6.07, 6.45) is 0.206. The van der Waals surface area contributed by atoms with E-state index in [9.17, 15) is 4.79 Å². The van der Waals surface area contributed by atoms with Gasteiger partial charge in [-0.25, -0.2) is 0 Å². The van der Waals surface area contributed by atoms with Crippen molar-refractivity contribution < 1.29 is 9.53 Å². The molecule has 0 aromatic heterocycles. The third kappa shape index (κ3) is 3.19. The quantitative estimate of drug-likeness (QED) is 0.882. The molecule has 4 heteroatoms. The Bertz CT molecular complexity index is 614. The first-order valence-electron chi connectivity index (χ1n) is 6.92. The maximum Gasteiger partial charge on any atom is 0.261 e. The van der Waals surface area contributed by atoms with Gasteiger partial charge in [0.25, 0.3) is 5.91 Å². The standard InChI is InChI=1S/C17H16ClNO2/c18-10-12-5-7-13(8-6-12)11-19-17(20)16-9-14-3-1-2-4-15(14)21-16/h1-8,16H,9-11H2,(H,19,20). The molecule has 1 unspecified atom stereocenters. The van der Waals surface area contributed by atoms with Crippen molar-refractivity contribution in [3.8, 4) is 5.75 Å². The van der Waals surface area contributed by atoms with Gasteiger partial charge in [-0.3, -0.25) is 4.79 Å². The Labute approximate surface area is 128 Å². The van der Waals surface area contributed by atoms with Gasteiger partial charge in [-0.15, -0.1) is 11.6 Å². The number of rotatable bonds is 4. The van der Waals surface area contributed by atoms with Crippen molar-refractivity contribution >= 4 is 17.5 Å². The van der Waals surface area contributed by atoms with Crippen molar-refractivity contribution in [1.82, 2.24) is 5.32 Å². The fourth-order valence-electron chi connectivity index (χ4n) is 2.38. The average molecular weight is 302 g/mol. The number of amides is 1. The summed E-state index contributed by atoms with van der Waals surface area (Å²) in [6, 6.07) is 15.6. The maximum atomic E-state index is 12.2. The first kappa shape index (κ1) is 14.0. The lowest BCUT2D eigenvalue weighted by atomic mass is 10.1. The normalized spacial score (nSPS) is 16.1. The molecule has 1 heterocycles. The van der Waals surface area contributed by atoms with Gasteiger partial charge in [0, 0.05) is 18.8 Å². The number of hydrogen-bond acceptors (Lipinski definition) is 2. The van der Waals surface area contributed by atoms with E-state index in [1.165, 1.54) is 0 Å². The highest BCUT2D eigenvalue weighted by Crippen LogP contribution is 2.28. The number of para-hydroxylation sites is 1. The van der Waals surface area contributed by atoms with E-state index in [1.807, 2.05) is 48.5 Å². The first-order chi connectivity index (χ1) is 10.3. The lowest BCUT2D eigenvalue weighted by molar-refractivity contribution is -0.127. The van der Waals surface area contributed by atoms with Crippen LogP contribution in [0, 0.1) is 0 Å². The van der Waals surface area contributed by atoms with Crippen LogP contribution in [-0.2, 0) is 23.6 Å². The summed E-state index contributed by atoms with van der Waals surface area (Å²) < 4.78 is 5.66. The summed E-state index contributed by atoms with van der Waals surface area (Å²) in [7, 11) is 0. The Balaban J connectivity index is 1.55. The fourth-order valence-corrected chi connectivity index (χ4v) is 2.56. The Morgan fingerprint density at radius 3 is 2.57 bits per heavy atom. The molecule has 3 nitrogen and oxygen atoms in total.